The van der Waals surface area contributed by atoms with E-state index in [4.69, 9.17) is 0 Å². The van der Waals surface area contributed by atoms with Gasteiger partial charge in [-0.05, 0) is 6.07 Å². The van der Waals surface area contributed by atoms with E-state index >= 15 is 0 Å². The van der Waals surface area contributed by atoms with Crippen LogP contribution in [0.5, 0.6) is 0 Å². The Balaban J connectivity index is 2.79. The number of aromatic carboxylic acids is 1. The number of pyridine rings is 1. The third kappa shape index (κ3) is 1.67. The second-order valence-corrected chi connectivity index (χ2v) is 4.71. The zero-order valence-electron chi connectivity index (χ0n) is 11.3. The minimum Gasteiger partial charge on any atom is -0.478 e. The van der Waals surface area contributed by atoms with Crippen molar-refractivity contribution < 1.29 is 9.90 Å². The van der Waals surface area contributed by atoms with Crippen molar-refractivity contribution in [1.82, 2.24) is 14.1 Å². The first-order valence-corrected chi connectivity index (χ1v) is 6.15. The van der Waals surface area contributed by atoms with E-state index in [1.165, 1.54) is 18.7 Å². The molecule has 2 aromatic heterocycles. The standard InChI is InChI=1S/C14H11N3O4/c1-16-11-10(12(18)17(2)14(16)21)9(13(19)20)7-5-3-4-6-8(7)15-11/h3-6H,1-2H3,(H,19,20). The third-order valence-electron chi connectivity index (χ3n) is 3.50. The van der Waals surface area contributed by atoms with Gasteiger partial charge in [0.15, 0.2) is 5.65 Å². The van der Waals surface area contributed by atoms with Crippen LogP contribution < -0.4 is 11.2 Å². The number of hydrogen-bond acceptors (Lipinski definition) is 4. The van der Waals surface area contributed by atoms with Crippen LogP contribution in [0, 0.1) is 0 Å². The Morgan fingerprint density at radius 1 is 1.14 bits per heavy atom. The number of aryl methyl sites for hydroxylation is 1. The van der Waals surface area contributed by atoms with Gasteiger partial charge in [-0.15, -0.1) is 0 Å². The molecule has 0 fully saturated rings. The topological polar surface area (TPSA) is 94.2 Å². The molecular weight excluding hydrogens is 274 g/mol. The van der Waals surface area contributed by atoms with Gasteiger partial charge in [0.1, 0.15) is 0 Å². The van der Waals surface area contributed by atoms with E-state index in [2.05, 4.69) is 4.98 Å². The van der Waals surface area contributed by atoms with E-state index in [0.717, 1.165) is 4.57 Å². The van der Waals surface area contributed by atoms with Crippen LogP contribution in [0.15, 0.2) is 33.9 Å². The Bertz CT molecular complexity index is 1030. The molecule has 7 heteroatoms. The monoisotopic (exact) mass is 285 g/mol. The molecule has 106 valence electrons. The number of nitrogens with zero attached hydrogens (tertiary/aromatic N) is 3. The lowest BCUT2D eigenvalue weighted by atomic mass is 10.1. The molecule has 0 aliphatic rings. The summed E-state index contributed by atoms with van der Waals surface area (Å²) in [5, 5.41) is 9.80. The molecule has 0 spiro atoms. The summed E-state index contributed by atoms with van der Waals surface area (Å²) in [5.74, 6) is -1.23. The summed E-state index contributed by atoms with van der Waals surface area (Å²) in [7, 11) is 2.77. The quantitative estimate of drug-likeness (QED) is 0.656. The van der Waals surface area contributed by atoms with E-state index < -0.39 is 17.2 Å². The maximum Gasteiger partial charge on any atom is 0.337 e. The number of carbonyl (C=O) groups is 1. The molecule has 7 nitrogen and oxygen atoms in total. The van der Waals surface area contributed by atoms with Crippen molar-refractivity contribution in [1.29, 1.82) is 0 Å². The minimum atomic E-state index is -1.23. The fourth-order valence-electron chi connectivity index (χ4n) is 2.44. The number of carboxylic acid groups (broad SMARTS) is 1. The molecule has 1 aromatic carbocycles. The summed E-state index contributed by atoms with van der Waals surface area (Å²) in [4.78, 5) is 40.2. The summed E-state index contributed by atoms with van der Waals surface area (Å²) >= 11 is 0. The number of rotatable bonds is 1. The summed E-state index contributed by atoms with van der Waals surface area (Å²) in [6, 6.07) is 6.62. The zero-order chi connectivity index (χ0) is 15.3. The Kier molecular flexibility index (Phi) is 2.65. The van der Waals surface area contributed by atoms with Crippen LogP contribution in [-0.4, -0.2) is 25.2 Å². The molecule has 2 heterocycles. The molecule has 0 unspecified atom stereocenters. The third-order valence-corrected chi connectivity index (χ3v) is 3.50. The van der Waals surface area contributed by atoms with Gasteiger partial charge in [0.05, 0.1) is 16.5 Å². The number of fused-ring (bicyclic) bond motifs is 2. The molecule has 3 rings (SSSR count). The molecule has 0 atom stereocenters. The van der Waals surface area contributed by atoms with Crippen LogP contribution in [0.1, 0.15) is 10.4 Å². The SMILES string of the molecule is Cn1c(=O)c2c(C(=O)O)c3ccccc3nc2n(C)c1=O. The van der Waals surface area contributed by atoms with E-state index in [1.807, 2.05) is 0 Å². The van der Waals surface area contributed by atoms with Crippen molar-refractivity contribution in [3.63, 3.8) is 0 Å². The lowest BCUT2D eigenvalue weighted by Gasteiger charge is -2.11. The maximum absolute atomic E-state index is 12.3. The van der Waals surface area contributed by atoms with E-state index in [0.29, 0.717) is 10.9 Å². The number of hydrogen-bond donors (Lipinski definition) is 1. The number of benzene rings is 1. The molecular formula is C14H11N3O4. The van der Waals surface area contributed by atoms with Crippen molar-refractivity contribution >= 4 is 27.9 Å². The molecule has 0 amide bonds. The highest BCUT2D eigenvalue weighted by Crippen LogP contribution is 2.22. The van der Waals surface area contributed by atoms with Gasteiger partial charge in [0.25, 0.3) is 5.56 Å². The van der Waals surface area contributed by atoms with Gasteiger partial charge in [0, 0.05) is 19.5 Å². The molecule has 0 aliphatic heterocycles. The van der Waals surface area contributed by atoms with Crippen molar-refractivity contribution in [2.75, 3.05) is 0 Å². The van der Waals surface area contributed by atoms with E-state index in [1.54, 1.807) is 24.3 Å². The first-order chi connectivity index (χ1) is 9.93. The van der Waals surface area contributed by atoms with Gasteiger partial charge >= 0.3 is 11.7 Å². The predicted molar refractivity (Wildman–Crippen MR) is 76.7 cm³/mol. The fourth-order valence-corrected chi connectivity index (χ4v) is 2.44. The fraction of sp³-hybridized carbons (Fsp3) is 0.143. The Morgan fingerprint density at radius 2 is 1.81 bits per heavy atom. The Hall–Kier alpha value is -2.96. The summed E-state index contributed by atoms with van der Waals surface area (Å²) in [6.07, 6.45) is 0. The molecule has 0 saturated carbocycles. The molecule has 0 bridgehead atoms. The van der Waals surface area contributed by atoms with Crippen LogP contribution in [0.4, 0.5) is 0 Å². The molecule has 21 heavy (non-hydrogen) atoms. The molecule has 0 saturated heterocycles. The summed E-state index contributed by atoms with van der Waals surface area (Å²) < 4.78 is 2.06. The maximum atomic E-state index is 12.3. The zero-order valence-corrected chi connectivity index (χ0v) is 11.3. The average Bonchev–Trinajstić information content (AvgIpc) is 2.48. The van der Waals surface area contributed by atoms with Crippen molar-refractivity contribution in [3.8, 4) is 0 Å². The minimum absolute atomic E-state index is 0.0641. The van der Waals surface area contributed by atoms with Crippen LogP contribution in [0.3, 0.4) is 0 Å². The Morgan fingerprint density at radius 3 is 2.48 bits per heavy atom. The van der Waals surface area contributed by atoms with Crippen LogP contribution in [-0.2, 0) is 14.1 Å². The first kappa shape index (κ1) is 13.0. The number of carboxylic acids is 1. The van der Waals surface area contributed by atoms with Crippen LogP contribution in [0.2, 0.25) is 0 Å². The lowest BCUT2D eigenvalue weighted by Crippen LogP contribution is -2.38. The van der Waals surface area contributed by atoms with Crippen LogP contribution in [0.25, 0.3) is 21.9 Å². The molecule has 3 aromatic rings. The summed E-state index contributed by atoms with van der Waals surface area (Å²) in [5.41, 5.74) is -0.855. The van der Waals surface area contributed by atoms with Gasteiger partial charge in [0.2, 0.25) is 0 Å². The first-order valence-electron chi connectivity index (χ1n) is 6.15. The number of aromatic nitrogens is 3. The van der Waals surface area contributed by atoms with Gasteiger partial charge < -0.3 is 5.11 Å². The van der Waals surface area contributed by atoms with Gasteiger partial charge in [-0.3, -0.25) is 13.9 Å². The predicted octanol–water partition coefficient (Wildman–Crippen LogP) is 0.484. The highest BCUT2D eigenvalue weighted by molar-refractivity contribution is 6.12. The van der Waals surface area contributed by atoms with Gasteiger partial charge in [-0.1, -0.05) is 18.2 Å². The highest BCUT2D eigenvalue weighted by atomic mass is 16.4. The van der Waals surface area contributed by atoms with Crippen molar-refractivity contribution in [3.05, 3.63) is 50.7 Å². The number of para-hydroxylation sites is 1. The second kappa shape index (κ2) is 4.27. The lowest BCUT2D eigenvalue weighted by molar-refractivity contribution is 0.0701. The highest BCUT2D eigenvalue weighted by Gasteiger charge is 2.21. The van der Waals surface area contributed by atoms with Crippen molar-refractivity contribution in [2.24, 2.45) is 14.1 Å². The second-order valence-electron chi connectivity index (χ2n) is 4.71. The van der Waals surface area contributed by atoms with E-state index in [-0.39, 0.29) is 16.6 Å². The van der Waals surface area contributed by atoms with E-state index in [9.17, 15) is 19.5 Å². The largest absolute Gasteiger partial charge is 0.478 e. The summed E-state index contributed by atoms with van der Waals surface area (Å²) in [6.45, 7) is 0. The van der Waals surface area contributed by atoms with Crippen LogP contribution >= 0.6 is 0 Å². The van der Waals surface area contributed by atoms with Gasteiger partial charge in [-0.2, -0.15) is 0 Å². The average molecular weight is 285 g/mol. The van der Waals surface area contributed by atoms with Gasteiger partial charge in [-0.25, -0.2) is 14.6 Å². The molecule has 0 radical (unpaired) electrons. The van der Waals surface area contributed by atoms with Crippen molar-refractivity contribution in [2.45, 2.75) is 0 Å². The molecule has 1 N–H and O–H groups in total. The Labute approximate surface area is 117 Å². The smallest absolute Gasteiger partial charge is 0.337 e. The molecule has 0 aliphatic carbocycles. The normalized spacial score (nSPS) is 11.1.